The number of carbonyl (C=O) groups excluding carboxylic acids is 1. The number of hydrogen-bond donors (Lipinski definition) is 1. The van der Waals surface area contributed by atoms with E-state index < -0.39 is 64.3 Å². The molecule has 1 amide bonds. The van der Waals surface area contributed by atoms with E-state index in [9.17, 15) is 40.1 Å². The third-order valence-corrected chi connectivity index (χ3v) is 8.03. The van der Waals surface area contributed by atoms with E-state index in [1.54, 1.807) is 0 Å². The van der Waals surface area contributed by atoms with Crippen molar-refractivity contribution in [2.24, 2.45) is 0 Å². The normalized spacial score (nSPS) is 15.3. The molecule has 0 saturated carbocycles. The molecule has 204 valence electrons. The van der Waals surface area contributed by atoms with Crippen LogP contribution in [0.5, 0.6) is 0 Å². The van der Waals surface area contributed by atoms with Crippen LogP contribution in [0.2, 0.25) is 15.1 Å². The molecule has 3 nitrogen and oxygen atoms in total. The van der Waals surface area contributed by atoms with Gasteiger partial charge < -0.3 is 9.87 Å². The average Bonchev–Trinajstić information content (AvgIpc) is 2.72. The molecule has 1 N–H and O–H groups in total. The first-order valence-corrected chi connectivity index (χ1v) is 13.4. The molecule has 2 aromatic rings. The molecule has 37 heavy (non-hydrogen) atoms. The first kappa shape index (κ1) is 32.0. The summed E-state index contributed by atoms with van der Waals surface area (Å²) in [6, 6.07) is 4.16. The van der Waals surface area contributed by atoms with Gasteiger partial charge in [-0.15, -0.1) is 0 Å². The second-order valence-electron chi connectivity index (χ2n) is 7.77. The second kappa shape index (κ2) is 12.8. The summed E-state index contributed by atoms with van der Waals surface area (Å²) in [4.78, 5) is 12.5. The number of benzene rings is 2. The monoisotopic (exact) mass is 675 g/mol. The van der Waals surface area contributed by atoms with Crippen molar-refractivity contribution in [2.45, 2.75) is 31.2 Å². The molecule has 0 aliphatic carbocycles. The number of halogens is 11. The summed E-state index contributed by atoms with van der Waals surface area (Å²) < 4.78 is 105. The van der Waals surface area contributed by atoms with E-state index in [0.29, 0.717) is 6.08 Å². The Labute approximate surface area is 233 Å². The van der Waals surface area contributed by atoms with Crippen LogP contribution in [0.1, 0.15) is 34.3 Å². The molecule has 2 unspecified atom stereocenters. The summed E-state index contributed by atoms with van der Waals surface area (Å²) in [6.07, 6.45) is -9.23. The Morgan fingerprint density at radius 2 is 1.68 bits per heavy atom. The topological polar surface area (TPSA) is 52.2 Å². The molecule has 0 fully saturated rings. The number of amides is 1. The van der Waals surface area contributed by atoms with Gasteiger partial charge in [0.15, 0.2) is 0 Å². The SMILES string of the molecule is C[C@H](C[S+]([O-])CC(F)(F)F)NC(=O)c1ccc(/C(F)=C/C(c2cc(Cl)c(Cl)c(Cl)c2)C(F)(F)F)cc1Br. The number of nitrogens with one attached hydrogen (secondary N) is 1. The quantitative estimate of drug-likeness (QED) is 0.173. The zero-order valence-corrected chi connectivity index (χ0v) is 23.1. The molecule has 15 heteroatoms. The van der Waals surface area contributed by atoms with Gasteiger partial charge in [0.1, 0.15) is 17.5 Å². The molecular weight excluding hydrogens is 662 g/mol. The maximum atomic E-state index is 14.9. The zero-order valence-electron chi connectivity index (χ0n) is 18.4. The van der Waals surface area contributed by atoms with Gasteiger partial charge in [0.2, 0.25) is 5.75 Å². The van der Waals surface area contributed by atoms with E-state index in [0.717, 1.165) is 30.3 Å². The number of allylic oxidation sites excluding steroid dienone is 1. The maximum Gasteiger partial charge on any atom is 0.433 e. The lowest BCUT2D eigenvalue weighted by atomic mass is 9.96. The molecule has 3 atom stereocenters. The van der Waals surface area contributed by atoms with Crippen LogP contribution >= 0.6 is 50.7 Å². The highest BCUT2D eigenvalue weighted by molar-refractivity contribution is 9.10. The van der Waals surface area contributed by atoms with Gasteiger partial charge in [-0.2, -0.15) is 26.3 Å². The van der Waals surface area contributed by atoms with Crippen molar-refractivity contribution in [3.8, 4) is 0 Å². The molecule has 0 bridgehead atoms. The van der Waals surface area contributed by atoms with Crippen molar-refractivity contribution in [1.82, 2.24) is 5.32 Å². The van der Waals surface area contributed by atoms with Crippen LogP contribution in [0.25, 0.3) is 5.83 Å². The second-order valence-corrected chi connectivity index (χ2v) is 11.3. The van der Waals surface area contributed by atoms with Crippen LogP contribution in [0.15, 0.2) is 40.9 Å². The molecular formula is C22H16BrCl3F7NO2S. The Balaban J connectivity index is 2.25. The third kappa shape index (κ3) is 9.50. The predicted molar refractivity (Wildman–Crippen MR) is 134 cm³/mol. The van der Waals surface area contributed by atoms with Gasteiger partial charge in [0, 0.05) is 10.0 Å². The van der Waals surface area contributed by atoms with Gasteiger partial charge in [0.25, 0.3) is 5.91 Å². The highest BCUT2D eigenvalue weighted by atomic mass is 79.9. The summed E-state index contributed by atoms with van der Waals surface area (Å²) in [5, 5.41) is 1.72. The van der Waals surface area contributed by atoms with E-state index in [-0.39, 0.29) is 30.7 Å². The first-order valence-electron chi connectivity index (χ1n) is 10.00. The first-order chi connectivity index (χ1) is 16.9. The largest absolute Gasteiger partial charge is 0.616 e. The van der Waals surface area contributed by atoms with Crippen molar-refractivity contribution in [2.75, 3.05) is 11.5 Å². The van der Waals surface area contributed by atoms with Crippen LogP contribution in [0, 0.1) is 0 Å². The van der Waals surface area contributed by atoms with Gasteiger partial charge >= 0.3 is 12.4 Å². The zero-order chi connectivity index (χ0) is 28.3. The highest BCUT2D eigenvalue weighted by Crippen LogP contribution is 2.42. The minimum atomic E-state index is -4.92. The van der Waals surface area contributed by atoms with E-state index in [1.165, 1.54) is 6.92 Å². The molecule has 2 rings (SSSR count). The summed E-state index contributed by atoms with van der Waals surface area (Å²) in [7, 11) is 0. The molecule has 0 heterocycles. The van der Waals surface area contributed by atoms with Crippen LogP contribution in [-0.2, 0) is 11.2 Å². The van der Waals surface area contributed by atoms with Gasteiger partial charge in [-0.1, -0.05) is 40.9 Å². The molecule has 0 aliphatic heterocycles. The lowest BCUT2D eigenvalue weighted by molar-refractivity contribution is -0.139. The number of hydrogen-bond acceptors (Lipinski definition) is 2. The third-order valence-electron chi connectivity index (χ3n) is 4.66. The maximum absolute atomic E-state index is 14.9. The van der Waals surface area contributed by atoms with Crippen molar-refractivity contribution < 1.29 is 40.1 Å². The lowest BCUT2D eigenvalue weighted by Crippen LogP contribution is -2.39. The number of carbonyl (C=O) groups is 1. The number of alkyl halides is 6. The molecule has 0 radical (unpaired) electrons. The van der Waals surface area contributed by atoms with E-state index in [4.69, 9.17) is 34.8 Å². The van der Waals surface area contributed by atoms with Crippen molar-refractivity contribution in [3.63, 3.8) is 0 Å². The summed E-state index contributed by atoms with van der Waals surface area (Å²) >= 11 is 18.2. The Kier molecular flexibility index (Phi) is 11.1. The number of rotatable bonds is 8. The summed E-state index contributed by atoms with van der Waals surface area (Å²) in [6.45, 7) is 1.35. The minimum Gasteiger partial charge on any atom is -0.616 e. The molecule has 2 aromatic carbocycles. The van der Waals surface area contributed by atoms with Crippen molar-refractivity contribution in [1.29, 1.82) is 0 Å². The lowest BCUT2D eigenvalue weighted by Gasteiger charge is -2.19. The predicted octanol–water partition coefficient (Wildman–Crippen LogP) is 8.50. The van der Waals surface area contributed by atoms with Crippen LogP contribution in [0.4, 0.5) is 30.7 Å². The molecule has 0 saturated heterocycles. The summed E-state index contributed by atoms with van der Waals surface area (Å²) in [5.41, 5.74) is -0.828. The molecule has 0 spiro atoms. The highest BCUT2D eigenvalue weighted by Gasteiger charge is 2.40. The standard InChI is InChI=1S/C22H16BrCl3F7NO2S/c1-10(8-37(36)9-21(28,29)30)34-20(35)13-3-2-11(4-15(13)23)18(27)7-14(22(31,32)33)12-5-16(24)19(26)17(25)6-12/h2-7,10,14H,8-9H2,1H3,(H,34,35)/b18-7-/t10-,14?,37?/m1/s1. The minimum absolute atomic E-state index is 0.00388. The molecule has 0 aromatic heterocycles. The average molecular weight is 678 g/mol. The fourth-order valence-electron chi connectivity index (χ4n) is 3.09. The Hall–Kier alpha value is -1.18. The van der Waals surface area contributed by atoms with E-state index in [1.807, 2.05) is 0 Å². The van der Waals surface area contributed by atoms with E-state index in [2.05, 4.69) is 21.2 Å². The van der Waals surface area contributed by atoms with Gasteiger partial charge in [0.05, 0.1) is 26.7 Å². The van der Waals surface area contributed by atoms with Crippen molar-refractivity contribution in [3.05, 3.63) is 72.6 Å². The van der Waals surface area contributed by atoms with Crippen LogP contribution in [0.3, 0.4) is 0 Å². The van der Waals surface area contributed by atoms with Gasteiger partial charge in [-0.3, -0.25) is 4.79 Å². The van der Waals surface area contributed by atoms with Crippen molar-refractivity contribution >= 4 is 73.6 Å². The fourth-order valence-corrected chi connectivity index (χ4v) is 5.38. The Morgan fingerprint density at radius 1 is 1.11 bits per heavy atom. The molecule has 0 aliphatic rings. The van der Waals surface area contributed by atoms with Crippen LogP contribution in [-0.4, -0.2) is 40.4 Å². The summed E-state index contributed by atoms with van der Waals surface area (Å²) in [5.74, 6) is -6.47. The van der Waals surface area contributed by atoms with Gasteiger partial charge in [-0.05, 0) is 69.9 Å². The smallest absolute Gasteiger partial charge is 0.433 e. The van der Waals surface area contributed by atoms with E-state index >= 15 is 0 Å². The Morgan fingerprint density at radius 3 is 2.16 bits per heavy atom. The fraction of sp³-hybridized carbons (Fsp3) is 0.318. The Bertz CT molecular complexity index is 1150. The van der Waals surface area contributed by atoms with Gasteiger partial charge in [-0.25, -0.2) is 4.39 Å². The van der Waals surface area contributed by atoms with Crippen LogP contribution < -0.4 is 5.32 Å².